The average molecular weight is 282 g/mol. The van der Waals surface area contributed by atoms with Crippen LogP contribution in [0.15, 0.2) is 30.3 Å². The highest BCUT2D eigenvalue weighted by atomic mass is 16.2. The molecule has 0 N–H and O–H groups in total. The molecule has 3 heteroatoms. The lowest BCUT2D eigenvalue weighted by atomic mass is 9.64. The minimum atomic E-state index is -0.251. The monoisotopic (exact) mass is 282 g/mol. The van der Waals surface area contributed by atoms with Gasteiger partial charge < -0.3 is 4.90 Å². The number of likely N-dealkylation sites (tertiary alicyclic amines) is 1. The Kier molecular flexibility index (Phi) is 3.96. The number of carbonyl (C=O) groups is 1. The number of carbonyl (C=O) groups excluding carboxylic acids is 1. The summed E-state index contributed by atoms with van der Waals surface area (Å²) in [5, 5.41) is 9.73. The number of rotatable bonds is 2. The Morgan fingerprint density at radius 3 is 2.52 bits per heavy atom. The number of piperidine rings is 1. The summed E-state index contributed by atoms with van der Waals surface area (Å²) in [6, 6.07) is 12.2. The molecule has 1 saturated carbocycles. The van der Waals surface area contributed by atoms with Crippen molar-refractivity contribution in [1.82, 2.24) is 4.90 Å². The van der Waals surface area contributed by atoms with Crippen LogP contribution in [-0.4, -0.2) is 16.8 Å². The van der Waals surface area contributed by atoms with Crippen LogP contribution in [0.3, 0.4) is 0 Å². The number of hydrogen-bond acceptors (Lipinski definition) is 2. The Morgan fingerprint density at radius 2 is 1.86 bits per heavy atom. The minimum Gasteiger partial charge on any atom is -0.322 e. The molecule has 2 fully saturated rings. The van der Waals surface area contributed by atoms with E-state index in [1.165, 1.54) is 19.3 Å². The van der Waals surface area contributed by atoms with Crippen LogP contribution < -0.4 is 0 Å². The fourth-order valence-corrected chi connectivity index (χ4v) is 4.06. The molecule has 1 amide bonds. The zero-order chi connectivity index (χ0) is 14.7. The average Bonchev–Trinajstić information content (AvgIpc) is 2.53. The zero-order valence-electron chi connectivity index (χ0n) is 12.4. The fraction of sp³-hybridized carbons (Fsp3) is 0.556. The Labute approximate surface area is 126 Å². The molecule has 2 aliphatic rings. The second-order valence-corrected chi connectivity index (χ2v) is 6.46. The lowest BCUT2D eigenvalue weighted by Gasteiger charge is -2.48. The molecule has 1 aliphatic heterocycles. The largest absolute Gasteiger partial charge is 0.322 e. The summed E-state index contributed by atoms with van der Waals surface area (Å²) in [5.41, 5.74) is 1.16. The molecule has 110 valence electrons. The van der Waals surface area contributed by atoms with Gasteiger partial charge in [-0.1, -0.05) is 49.6 Å². The molecular weight excluding hydrogens is 260 g/mol. The first-order valence-electron chi connectivity index (χ1n) is 7.98. The lowest BCUT2D eigenvalue weighted by Crippen LogP contribution is -2.54. The van der Waals surface area contributed by atoms with Crippen LogP contribution in [0.2, 0.25) is 0 Å². The van der Waals surface area contributed by atoms with Gasteiger partial charge in [-0.05, 0) is 24.8 Å². The van der Waals surface area contributed by atoms with E-state index in [-0.39, 0.29) is 17.4 Å². The normalized spacial score (nSPS) is 24.8. The molecule has 1 unspecified atom stereocenters. The summed E-state index contributed by atoms with van der Waals surface area (Å²) in [4.78, 5) is 14.2. The van der Waals surface area contributed by atoms with Gasteiger partial charge >= 0.3 is 0 Å². The number of amides is 1. The molecule has 21 heavy (non-hydrogen) atoms. The SMILES string of the molecule is N#CC1N(Cc2ccccc2)C(=O)CCC12CCCCC2. The standard InChI is InChI=1S/C18H22N2O/c19-13-16-18(10-5-2-6-11-18)12-9-17(21)20(16)14-15-7-3-1-4-8-15/h1,3-4,7-8,16H,2,5-6,9-12,14H2. The van der Waals surface area contributed by atoms with Gasteiger partial charge in [-0.2, -0.15) is 5.26 Å². The van der Waals surface area contributed by atoms with Gasteiger partial charge in [0, 0.05) is 18.4 Å². The number of nitriles is 1. The molecule has 0 radical (unpaired) electrons. The van der Waals surface area contributed by atoms with Crippen molar-refractivity contribution in [3.63, 3.8) is 0 Å². The van der Waals surface area contributed by atoms with E-state index >= 15 is 0 Å². The quantitative estimate of drug-likeness (QED) is 0.831. The molecule has 1 aliphatic carbocycles. The Morgan fingerprint density at radius 1 is 1.14 bits per heavy atom. The smallest absolute Gasteiger partial charge is 0.223 e. The van der Waals surface area contributed by atoms with Crippen molar-refractivity contribution in [2.45, 2.75) is 57.5 Å². The van der Waals surface area contributed by atoms with Gasteiger partial charge in [0.15, 0.2) is 0 Å². The first-order chi connectivity index (χ1) is 10.2. The van der Waals surface area contributed by atoms with Gasteiger partial charge in [0.05, 0.1) is 6.07 Å². The second-order valence-electron chi connectivity index (χ2n) is 6.46. The molecule has 1 spiro atoms. The Balaban J connectivity index is 1.86. The molecule has 1 aromatic rings. The van der Waals surface area contributed by atoms with Gasteiger partial charge in [-0.25, -0.2) is 0 Å². The predicted octanol–water partition coefficient (Wildman–Crippen LogP) is 3.65. The van der Waals surface area contributed by atoms with E-state index in [0.29, 0.717) is 13.0 Å². The number of benzene rings is 1. The van der Waals surface area contributed by atoms with Gasteiger partial charge in [-0.15, -0.1) is 0 Å². The molecule has 0 bridgehead atoms. The van der Waals surface area contributed by atoms with E-state index in [1.54, 1.807) is 0 Å². The lowest BCUT2D eigenvalue weighted by molar-refractivity contribution is -0.143. The van der Waals surface area contributed by atoms with Crippen molar-refractivity contribution in [2.24, 2.45) is 5.41 Å². The minimum absolute atomic E-state index is 0.0513. The third-order valence-corrected chi connectivity index (χ3v) is 5.22. The van der Waals surface area contributed by atoms with Gasteiger partial charge in [0.1, 0.15) is 6.04 Å². The molecular formula is C18H22N2O. The van der Waals surface area contributed by atoms with Crippen molar-refractivity contribution in [3.8, 4) is 6.07 Å². The predicted molar refractivity (Wildman–Crippen MR) is 81.1 cm³/mol. The molecule has 0 aromatic heterocycles. The zero-order valence-corrected chi connectivity index (χ0v) is 12.4. The molecule has 1 atom stereocenters. The summed E-state index contributed by atoms with van der Waals surface area (Å²) in [5.74, 6) is 0.140. The third-order valence-electron chi connectivity index (χ3n) is 5.22. The topological polar surface area (TPSA) is 44.1 Å². The van der Waals surface area contributed by atoms with Crippen LogP contribution >= 0.6 is 0 Å². The first-order valence-corrected chi connectivity index (χ1v) is 7.98. The molecule has 1 heterocycles. The highest BCUT2D eigenvalue weighted by molar-refractivity contribution is 5.78. The second kappa shape index (κ2) is 5.89. The van der Waals surface area contributed by atoms with Crippen molar-refractivity contribution in [3.05, 3.63) is 35.9 Å². The van der Waals surface area contributed by atoms with Crippen LogP contribution in [-0.2, 0) is 11.3 Å². The maximum Gasteiger partial charge on any atom is 0.223 e. The highest BCUT2D eigenvalue weighted by Gasteiger charge is 2.47. The van der Waals surface area contributed by atoms with E-state index in [0.717, 1.165) is 24.8 Å². The Bertz CT molecular complexity index is 540. The maximum absolute atomic E-state index is 12.4. The Hall–Kier alpha value is -1.82. The van der Waals surface area contributed by atoms with E-state index in [1.807, 2.05) is 35.2 Å². The molecule has 3 rings (SSSR count). The first kappa shape index (κ1) is 14.1. The van der Waals surface area contributed by atoms with E-state index in [4.69, 9.17) is 0 Å². The van der Waals surface area contributed by atoms with Crippen LogP contribution in [0.4, 0.5) is 0 Å². The summed E-state index contributed by atoms with van der Waals surface area (Å²) < 4.78 is 0. The highest BCUT2D eigenvalue weighted by Crippen LogP contribution is 2.47. The number of nitrogens with zero attached hydrogens (tertiary/aromatic N) is 2. The summed E-state index contributed by atoms with van der Waals surface area (Å²) in [7, 11) is 0. The molecule has 1 aromatic carbocycles. The van der Waals surface area contributed by atoms with E-state index in [2.05, 4.69) is 6.07 Å². The van der Waals surface area contributed by atoms with Crippen LogP contribution in [0.1, 0.15) is 50.5 Å². The van der Waals surface area contributed by atoms with Crippen molar-refractivity contribution < 1.29 is 4.79 Å². The summed E-state index contributed by atoms with van der Waals surface area (Å²) in [6.07, 6.45) is 7.37. The third kappa shape index (κ3) is 2.68. The van der Waals surface area contributed by atoms with Gasteiger partial charge in [0.25, 0.3) is 0 Å². The summed E-state index contributed by atoms with van der Waals surface area (Å²) in [6.45, 7) is 0.569. The van der Waals surface area contributed by atoms with Gasteiger partial charge in [0.2, 0.25) is 5.91 Å². The van der Waals surface area contributed by atoms with Crippen molar-refractivity contribution in [1.29, 1.82) is 5.26 Å². The summed E-state index contributed by atoms with van der Waals surface area (Å²) >= 11 is 0. The van der Waals surface area contributed by atoms with Gasteiger partial charge in [-0.3, -0.25) is 4.79 Å². The maximum atomic E-state index is 12.4. The van der Waals surface area contributed by atoms with Crippen molar-refractivity contribution in [2.75, 3.05) is 0 Å². The van der Waals surface area contributed by atoms with Crippen LogP contribution in [0, 0.1) is 16.7 Å². The van der Waals surface area contributed by atoms with Crippen LogP contribution in [0.25, 0.3) is 0 Å². The molecule has 3 nitrogen and oxygen atoms in total. The fourth-order valence-electron chi connectivity index (χ4n) is 4.06. The molecule has 1 saturated heterocycles. The van der Waals surface area contributed by atoms with Crippen molar-refractivity contribution >= 4 is 5.91 Å². The van der Waals surface area contributed by atoms with E-state index < -0.39 is 0 Å². The van der Waals surface area contributed by atoms with Crippen LogP contribution in [0.5, 0.6) is 0 Å². The number of hydrogen-bond donors (Lipinski definition) is 0. The van der Waals surface area contributed by atoms with E-state index in [9.17, 15) is 10.1 Å².